The molecule has 0 atom stereocenters. The summed E-state index contributed by atoms with van der Waals surface area (Å²) in [7, 11) is 0. The van der Waals surface area contributed by atoms with Gasteiger partial charge >= 0.3 is 0 Å². The van der Waals surface area contributed by atoms with Crippen molar-refractivity contribution < 1.29 is 37.8 Å². The molecule has 0 saturated carbocycles. The van der Waals surface area contributed by atoms with Crippen LogP contribution in [0.15, 0.2) is 77.5 Å². The van der Waals surface area contributed by atoms with E-state index in [1.165, 1.54) is 16.2 Å². The van der Waals surface area contributed by atoms with Gasteiger partial charge in [-0.1, -0.05) is 11.6 Å². The van der Waals surface area contributed by atoms with Crippen molar-refractivity contribution in [2.75, 3.05) is 44.8 Å². The fourth-order valence-corrected chi connectivity index (χ4v) is 8.17. The van der Waals surface area contributed by atoms with Crippen molar-refractivity contribution in [1.29, 1.82) is 0 Å². The summed E-state index contributed by atoms with van der Waals surface area (Å²) in [4.78, 5) is 58.3. The van der Waals surface area contributed by atoms with Crippen molar-refractivity contribution in [3.8, 4) is 28.2 Å². The van der Waals surface area contributed by atoms with Gasteiger partial charge in [0, 0.05) is 77.2 Å². The predicted octanol–water partition coefficient (Wildman–Crippen LogP) is 7.27. The maximum absolute atomic E-state index is 13.0. The number of furan rings is 1. The maximum atomic E-state index is 13.0. The molecule has 2 aliphatic rings. The van der Waals surface area contributed by atoms with Gasteiger partial charge in [-0.3, -0.25) is 29.1 Å². The first-order valence-electron chi connectivity index (χ1n) is 18.3. The molecule has 1 N–H and O–H groups in total. The number of imide groups is 1. The molecule has 14 heteroatoms. The highest BCUT2D eigenvalue weighted by Crippen LogP contribution is 2.42. The minimum atomic E-state index is -0.269. The number of carbonyl (C=O) groups is 4. The van der Waals surface area contributed by atoms with Gasteiger partial charge in [0.2, 0.25) is 23.6 Å². The van der Waals surface area contributed by atoms with E-state index in [9.17, 15) is 19.2 Å². The lowest BCUT2D eigenvalue weighted by molar-refractivity contribution is -0.139. The Labute approximate surface area is 327 Å². The molecule has 55 heavy (non-hydrogen) atoms. The Balaban J connectivity index is 0.847. The number of hydrogen-bond acceptors (Lipinski definition) is 10. The highest BCUT2D eigenvalue weighted by Gasteiger charge is 2.30. The number of ether oxygens (including phenoxy) is 3. The van der Waals surface area contributed by atoms with Crippen molar-refractivity contribution in [2.24, 2.45) is 0 Å². The maximum Gasteiger partial charge on any atom is 0.250 e. The van der Waals surface area contributed by atoms with Crippen molar-refractivity contribution in [3.63, 3.8) is 0 Å². The average molecular weight is 785 g/mol. The summed E-state index contributed by atoms with van der Waals surface area (Å²) < 4.78 is 24.0. The molecule has 2 fully saturated rings. The Bertz CT molecular complexity index is 2150. The van der Waals surface area contributed by atoms with Gasteiger partial charge in [-0.15, -0.1) is 11.3 Å². The summed E-state index contributed by atoms with van der Waals surface area (Å²) in [6, 6.07) is 18.7. The molecule has 12 nitrogen and oxygen atoms in total. The molecule has 286 valence electrons. The zero-order valence-electron chi connectivity index (χ0n) is 30.4. The third-order valence-electron chi connectivity index (χ3n) is 9.58. The van der Waals surface area contributed by atoms with Crippen LogP contribution >= 0.6 is 22.9 Å². The number of piperidine rings is 1. The Morgan fingerprint density at radius 2 is 1.73 bits per heavy atom. The standard InChI is InChI=1S/C41H41ClN4O8S/c1-26-21-28(42)22-33(32-10-14-43-34-23-31(55-41(32)34)24-46-38(49)8-9-39(46)50)40(26)54-30-11-15-45(16-12-30)37(48)13-18-51-19-20-52-25-36(47)44-29-6-4-27(5-7-29)35-3-2-17-53-35/h2-7,10,14,17,21-23,30H,8-9,11-13,15-16,18-20,24-25H2,1H3,(H,44,47). The number of rotatable bonds is 15. The van der Waals surface area contributed by atoms with E-state index in [2.05, 4.69) is 10.3 Å². The number of amides is 4. The van der Waals surface area contributed by atoms with Crippen LogP contribution in [0.5, 0.6) is 5.75 Å². The van der Waals surface area contributed by atoms with Gasteiger partial charge in [0.05, 0.1) is 49.3 Å². The lowest BCUT2D eigenvalue weighted by atomic mass is 10.0. The van der Waals surface area contributed by atoms with Crippen molar-refractivity contribution in [3.05, 3.63) is 88.6 Å². The van der Waals surface area contributed by atoms with Gasteiger partial charge in [-0.05, 0) is 73.2 Å². The first-order chi connectivity index (χ1) is 26.7. The second-order valence-electron chi connectivity index (χ2n) is 13.5. The molecule has 4 amide bonds. The van der Waals surface area contributed by atoms with Gasteiger partial charge in [0.15, 0.2) is 0 Å². The molecule has 7 rings (SSSR count). The molecule has 0 unspecified atom stereocenters. The summed E-state index contributed by atoms with van der Waals surface area (Å²) in [5, 5.41) is 3.38. The first-order valence-corrected chi connectivity index (χ1v) is 19.5. The molecule has 0 radical (unpaired) electrons. The van der Waals surface area contributed by atoms with Crippen LogP contribution in [0, 0.1) is 6.92 Å². The van der Waals surface area contributed by atoms with Crippen LogP contribution in [-0.2, 0) is 35.2 Å². The molecule has 5 heterocycles. The molecular formula is C41H41ClN4O8S. The van der Waals surface area contributed by atoms with E-state index >= 15 is 0 Å². The number of aryl methyl sites for hydroxylation is 1. The Morgan fingerprint density at radius 3 is 2.47 bits per heavy atom. The van der Waals surface area contributed by atoms with E-state index in [-0.39, 0.29) is 82.0 Å². The molecule has 2 saturated heterocycles. The number of fused-ring (bicyclic) bond motifs is 1. The van der Waals surface area contributed by atoms with Crippen LogP contribution < -0.4 is 10.1 Å². The minimum absolute atomic E-state index is 0.0187. The topological polar surface area (TPSA) is 141 Å². The molecule has 5 aromatic rings. The van der Waals surface area contributed by atoms with Crippen LogP contribution in [0.2, 0.25) is 5.02 Å². The highest BCUT2D eigenvalue weighted by molar-refractivity contribution is 7.19. The Kier molecular flexibility index (Phi) is 12.2. The van der Waals surface area contributed by atoms with Crippen LogP contribution in [0.3, 0.4) is 0 Å². The van der Waals surface area contributed by atoms with Gasteiger partial charge in [-0.25, -0.2) is 0 Å². The lowest BCUT2D eigenvalue weighted by Crippen LogP contribution is -2.42. The van der Waals surface area contributed by atoms with E-state index in [0.717, 1.165) is 48.9 Å². The molecule has 0 aliphatic carbocycles. The lowest BCUT2D eigenvalue weighted by Gasteiger charge is -2.33. The summed E-state index contributed by atoms with van der Waals surface area (Å²) >= 11 is 8.08. The average Bonchev–Trinajstić information content (AvgIpc) is 3.94. The minimum Gasteiger partial charge on any atom is -0.489 e. The first kappa shape index (κ1) is 38.2. The van der Waals surface area contributed by atoms with Crippen molar-refractivity contribution in [1.82, 2.24) is 14.8 Å². The molecule has 0 bridgehead atoms. The number of carbonyl (C=O) groups excluding carboxylic acids is 4. The van der Waals surface area contributed by atoms with Crippen LogP contribution in [0.1, 0.15) is 42.5 Å². The van der Waals surface area contributed by atoms with Crippen molar-refractivity contribution >= 4 is 62.5 Å². The Morgan fingerprint density at radius 1 is 0.964 bits per heavy atom. The third kappa shape index (κ3) is 9.42. The number of benzene rings is 2. The van der Waals surface area contributed by atoms with E-state index < -0.39 is 0 Å². The van der Waals surface area contributed by atoms with E-state index in [4.69, 9.17) is 30.2 Å². The monoisotopic (exact) mass is 784 g/mol. The number of halogens is 1. The van der Waals surface area contributed by atoms with Gasteiger partial charge in [-0.2, -0.15) is 0 Å². The SMILES string of the molecule is Cc1cc(Cl)cc(-c2ccnc3cc(CN4C(=O)CCC4=O)sc23)c1OC1CCN(C(=O)CCOCCOCC(=O)Nc2ccc(-c3ccco3)cc2)CC1. The van der Waals surface area contributed by atoms with E-state index in [1.54, 1.807) is 24.6 Å². The summed E-state index contributed by atoms with van der Waals surface area (Å²) in [5.41, 5.74) is 5.00. The highest BCUT2D eigenvalue weighted by atomic mass is 35.5. The number of pyridine rings is 1. The Hall–Kier alpha value is -5.08. The molecule has 2 aliphatic heterocycles. The number of nitrogens with one attached hydrogen (secondary N) is 1. The molecular weight excluding hydrogens is 744 g/mol. The van der Waals surface area contributed by atoms with Gasteiger partial charge in [0.1, 0.15) is 24.2 Å². The fourth-order valence-electron chi connectivity index (χ4n) is 6.77. The molecule has 0 spiro atoms. The van der Waals surface area contributed by atoms with Crippen LogP contribution in [0.4, 0.5) is 5.69 Å². The largest absolute Gasteiger partial charge is 0.489 e. The molecule has 2 aromatic carbocycles. The zero-order chi connectivity index (χ0) is 38.3. The quantitative estimate of drug-likeness (QED) is 0.0858. The molecule has 3 aromatic heterocycles. The number of likely N-dealkylation sites (tertiary alicyclic amines) is 2. The number of hydrogen-bond donors (Lipinski definition) is 1. The van der Waals surface area contributed by atoms with E-state index in [1.807, 2.05) is 60.4 Å². The second-order valence-corrected chi connectivity index (χ2v) is 15.0. The number of aromatic nitrogens is 1. The van der Waals surface area contributed by atoms with Gasteiger partial charge in [0.25, 0.3) is 0 Å². The normalized spacial score (nSPS) is 14.9. The second kappa shape index (κ2) is 17.6. The summed E-state index contributed by atoms with van der Waals surface area (Å²) in [6.07, 6.45) is 5.36. The van der Waals surface area contributed by atoms with Crippen LogP contribution in [0.25, 0.3) is 32.7 Å². The number of nitrogens with zero attached hydrogens (tertiary/aromatic N) is 3. The third-order valence-corrected chi connectivity index (χ3v) is 10.9. The number of thiophene rings is 1. The zero-order valence-corrected chi connectivity index (χ0v) is 32.0. The van der Waals surface area contributed by atoms with Crippen molar-refractivity contribution in [2.45, 2.75) is 51.7 Å². The van der Waals surface area contributed by atoms with E-state index in [0.29, 0.717) is 36.6 Å². The summed E-state index contributed by atoms with van der Waals surface area (Å²) in [6.45, 7) is 3.99. The summed E-state index contributed by atoms with van der Waals surface area (Å²) in [5.74, 6) is 0.938. The fraction of sp³-hybridized carbons (Fsp3) is 0.341. The van der Waals surface area contributed by atoms with Crippen LogP contribution in [-0.4, -0.2) is 84.0 Å². The van der Waals surface area contributed by atoms with Gasteiger partial charge < -0.3 is 28.8 Å². The smallest absolute Gasteiger partial charge is 0.250 e. The number of anilines is 1. The predicted molar refractivity (Wildman–Crippen MR) is 209 cm³/mol.